The first-order valence-corrected chi connectivity index (χ1v) is 10.8. The summed E-state index contributed by atoms with van der Waals surface area (Å²) in [6, 6.07) is 6.30. The van der Waals surface area contributed by atoms with E-state index in [1.807, 2.05) is 4.90 Å². The maximum atomic E-state index is 13.1. The van der Waals surface area contributed by atoms with Crippen LogP contribution in [0.15, 0.2) is 24.3 Å². The van der Waals surface area contributed by atoms with Crippen LogP contribution in [-0.4, -0.2) is 70.4 Å². The second-order valence-corrected chi connectivity index (χ2v) is 8.14. The number of nitrogens with zero attached hydrogens (tertiary/aromatic N) is 5. The molecular weight excluding hydrogens is 377 g/mol. The number of carbonyl (C=O) groups is 1. The SMILES string of the molecule is CCN1CCN(C(=O)C2CCCN2c2nc(Cc3ccc(F)cc3)ns2)CC1. The molecule has 3 heterocycles. The number of likely N-dealkylation sites (N-methyl/N-ethyl adjacent to an activating group) is 1. The predicted octanol–water partition coefficient (Wildman–Crippen LogP) is 2.40. The van der Waals surface area contributed by atoms with E-state index < -0.39 is 0 Å². The Kier molecular flexibility index (Phi) is 5.87. The maximum absolute atomic E-state index is 13.1. The smallest absolute Gasteiger partial charge is 0.245 e. The lowest BCUT2D eigenvalue weighted by Crippen LogP contribution is -2.53. The van der Waals surface area contributed by atoms with Crippen molar-refractivity contribution in [3.63, 3.8) is 0 Å². The second-order valence-electron chi connectivity index (χ2n) is 7.41. The van der Waals surface area contributed by atoms with Gasteiger partial charge in [0.2, 0.25) is 11.0 Å². The molecule has 1 aromatic heterocycles. The minimum Gasteiger partial charge on any atom is -0.338 e. The Bertz CT molecular complexity index is 803. The normalized spacial score (nSPS) is 20.7. The molecule has 28 heavy (non-hydrogen) atoms. The number of amides is 1. The molecule has 1 amide bonds. The fourth-order valence-electron chi connectivity index (χ4n) is 3.97. The Morgan fingerprint density at radius 1 is 1.18 bits per heavy atom. The molecule has 2 fully saturated rings. The van der Waals surface area contributed by atoms with Crippen molar-refractivity contribution in [3.05, 3.63) is 41.5 Å². The van der Waals surface area contributed by atoms with Crippen molar-refractivity contribution in [2.45, 2.75) is 32.2 Å². The topological polar surface area (TPSA) is 52.6 Å². The first kappa shape index (κ1) is 19.3. The van der Waals surface area contributed by atoms with Gasteiger partial charge >= 0.3 is 0 Å². The first-order valence-electron chi connectivity index (χ1n) is 9.99. The zero-order valence-electron chi connectivity index (χ0n) is 16.2. The summed E-state index contributed by atoms with van der Waals surface area (Å²) in [6.07, 6.45) is 2.44. The standard InChI is InChI=1S/C20H26FN5OS/c1-2-24-10-12-25(13-11-24)19(27)17-4-3-9-26(17)20-22-18(23-28-20)14-15-5-7-16(21)8-6-15/h5-8,17H,2-4,9-14H2,1H3. The van der Waals surface area contributed by atoms with E-state index in [9.17, 15) is 9.18 Å². The molecule has 0 spiro atoms. The molecule has 8 heteroatoms. The molecule has 1 aromatic carbocycles. The number of hydrogen-bond donors (Lipinski definition) is 0. The molecule has 0 saturated carbocycles. The van der Waals surface area contributed by atoms with Gasteiger partial charge in [-0.15, -0.1) is 0 Å². The van der Waals surface area contributed by atoms with Gasteiger partial charge in [0.15, 0.2) is 0 Å². The highest BCUT2D eigenvalue weighted by molar-refractivity contribution is 7.09. The summed E-state index contributed by atoms with van der Waals surface area (Å²) in [5.41, 5.74) is 0.980. The van der Waals surface area contributed by atoms with Crippen LogP contribution >= 0.6 is 11.5 Å². The fraction of sp³-hybridized carbons (Fsp3) is 0.550. The summed E-state index contributed by atoms with van der Waals surface area (Å²) in [7, 11) is 0. The molecule has 2 aromatic rings. The number of rotatable bonds is 5. The van der Waals surface area contributed by atoms with Gasteiger partial charge in [0.05, 0.1) is 0 Å². The molecule has 0 aliphatic carbocycles. The zero-order chi connectivity index (χ0) is 19.5. The molecule has 150 valence electrons. The van der Waals surface area contributed by atoms with Gasteiger partial charge in [0, 0.05) is 50.7 Å². The molecule has 2 aliphatic heterocycles. The highest BCUT2D eigenvalue weighted by Crippen LogP contribution is 2.29. The van der Waals surface area contributed by atoms with Crippen molar-refractivity contribution in [3.8, 4) is 0 Å². The van der Waals surface area contributed by atoms with Gasteiger partial charge in [-0.3, -0.25) is 4.79 Å². The molecule has 2 saturated heterocycles. The van der Waals surface area contributed by atoms with Crippen LogP contribution in [0.5, 0.6) is 0 Å². The lowest BCUT2D eigenvalue weighted by molar-refractivity contribution is -0.134. The Morgan fingerprint density at radius 3 is 2.64 bits per heavy atom. The van der Waals surface area contributed by atoms with Crippen LogP contribution in [0, 0.1) is 5.82 Å². The Balaban J connectivity index is 1.41. The van der Waals surface area contributed by atoms with Crippen molar-refractivity contribution in [2.75, 3.05) is 44.2 Å². The van der Waals surface area contributed by atoms with Crippen molar-refractivity contribution in [1.29, 1.82) is 0 Å². The minimum absolute atomic E-state index is 0.125. The van der Waals surface area contributed by atoms with E-state index in [-0.39, 0.29) is 17.8 Å². The number of carbonyl (C=O) groups excluding carboxylic acids is 1. The van der Waals surface area contributed by atoms with Crippen molar-refractivity contribution in [1.82, 2.24) is 19.2 Å². The van der Waals surface area contributed by atoms with Gasteiger partial charge in [0.1, 0.15) is 17.7 Å². The average molecular weight is 404 g/mol. The van der Waals surface area contributed by atoms with E-state index in [2.05, 4.69) is 26.1 Å². The van der Waals surface area contributed by atoms with Gasteiger partial charge in [0.25, 0.3) is 0 Å². The molecular formula is C20H26FN5OS. The monoisotopic (exact) mass is 403 g/mol. The highest BCUT2D eigenvalue weighted by Gasteiger charge is 2.36. The van der Waals surface area contributed by atoms with Crippen molar-refractivity contribution in [2.24, 2.45) is 0 Å². The van der Waals surface area contributed by atoms with Gasteiger partial charge in [-0.1, -0.05) is 19.1 Å². The molecule has 2 aliphatic rings. The van der Waals surface area contributed by atoms with E-state index in [0.29, 0.717) is 6.42 Å². The summed E-state index contributed by atoms with van der Waals surface area (Å²) in [6.45, 7) is 7.57. The number of anilines is 1. The van der Waals surface area contributed by atoms with Crippen molar-refractivity contribution < 1.29 is 9.18 Å². The average Bonchev–Trinajstić information content (AvgIpc) is 3.38. The van der Waals surface area contributed by atoms with Gasteiger partial charge in [-0.05, 0) is 37.1 Å². The van der Waals surface area contributed by atoms with Gasteiger partial charge in [-0.2, -0.15) is 4.37 Å². The maximum Gasteiger partial charge on any atom is 0.245 e. The van der Waals surface area contributed by atoms with Crippen LogP contribution in [0.1, 0.15) is 31.2 Å². The minimum atomic E-state index is -0.242. The van der Waals surface area contributed by atoms with Crippen molar-refractivity contribution >= 4 is 22.6 Å². The Labute approximate surface area is 169 Å². The number of benzene rings is 1. The number of halogens is 1. The second kappa shape index (κ2) is 8.53. The third-order valence-corrected chi connectivity index (χ3v) is 6.44. The van der Waals surface area contributed by atoms with Crippen LogP contribution in [0.3, 0.4) is 0 Å². The van der Waals surface area contributed by atoms with E-state index >= 15 is 0 Å². The summed E-state index contributed by atoms with van der Waals surface area (Å²) in [5, 5.41) is 0.820. The molecule has 6 nitrogen and oxygen atoms in total. The van der Waals surface area contributed by atoms with E-state index in [1.165, 1.54) is 23.7 Å². The number of piperazine rings is 1. The summed E-state index contributed by atoms with van der Waals surface area (Å²) in [5.74, 6) is 0.707. The largest absolute Gasteiger partial charge is 0.338 e. The molecule has 4 rings (SSSR count). The summed E-state index contributed by atoms with van der Waals surface area (Å²) >= 11 is 1.35. The van der Waals surface area contributed by atoms with E-state index in [4.69, 9.17) is 0 Å². The van der Waals surface area contributed by atoms with E-state index in [1.54, 1.807) is 12.1 Å². The summed E-state index contributed by atoms with van der Waals surface area (Å²) < 4.78 is 17.5. The molecule has 1 atom stereocenters. The van der Waals surface area contributed by atoms with Crippen LogP contribution in [0.25, 0.3) is 0 Å². The molecule has 0 radical (unpaired) electrons. The zero-order valence-corrected chi connectivity index (χ0v) is 17.0. The molecule has 0 N–H and O–H groups in total. The first-order chi connectivity index (χ1) is 13.6. The summed E-state index contributed by atoms with van der Waals surface area (Å²) in [4.78, 5) is 24.3. The highest BCUT2D eigenvalue weighted by atomic mass is 32.1. The molecule has 1 unspecified atom stereocenters. The molecule has 0 bridgehead atoms. The predicted molar refractivity (Wildman–Crippen MR) is 108 cm³/mol. The third-order valence-electron chi connectivity index (χ3n) is 5.65. The Hall–Kier alpha value is -2.06. The Morgan fingerprint density at radius 2 is 1.93 bits per heavy atom. The van der Waals surface area contributed by atoms with Crippen LogP contribution < -0.4 is 4.90 Å². The van der Waals surface area contributed by atoms with Crippen LogP contribution in [0.2, 0.25) is 0 Å². The van der Waals surface area contributed by atoms with Gasteiger partial charge in [-0.25, -0.2) is 9.37 Å². The van der Waals surface area contributed by atoms with E-state index in [0.717, 1.165) is 68.6 Å². The number of aromatic nitrogens is 2. The lowest BCUT2D eigenvalue weighted by Gasteiger charge is -2.36. The quantitative estimate of drug-likeness (QED) is 0.767. The number of hydrogen-bond acceptors (Lipinski definition) is 6. The third kappa shape index (κ3) is 4.17. The van der Waals surface area contributed by atoms with Crippen LogP contribution in [-0.2, 0) is 11.2 Å². The van der Waals surface area contributed by atoms with Gasteiger partial charge < -0.3 is 14.7 Å². The van der Waals surface area contributed by atoms with Crippen LogP contribution in [0.4, 0.5) is 9.52 Å². The lowest BCUT2D eigenvalue weighted by atomic mass is 10.1. The fourth-order valence-corrected chi connectivity index (χ4v) is 4.73.